The van der Waals surface area contributed by atoms with Gasteiger partial charge in [-0.3, -0.25) is 9.59 Å². The zero-order valence-electron chi connectivity index (χ0n) is 10.6. The molecule has 4 heteroatoms. The summed E-state index contributed by atoms with van der Waals surface area (Å²) < 4.78 is 1.46. The Bertz CT molecular complexity index is 502. The third-order valence-corrected chi connectivity index (χ3v) is 3.32. The minimum atomic E-state index is -0.144. The van der Waals surface area contributed by atoms with Gasteiger partial charge in [0, 0.05) is 38.0 Å². The minimum absolute atomic E-state index is 0.0340. The highest BCUT2D eigenvalue weighted by Crippen LogP contribution is 2.29. The zero-order chi connectivity index (χ0) is 12.6. The molecule has 0 N–H and O–H groups in total. The highest BCUT2D eigenvalue weighted by atomic mass is 16.2. The van der Waals surface area contributed by atoms with Crippen LogP contribution in [0, 0.1) is 5.41 Å². The monoisotopic (exact) mass is 234 g/mol. The highest BCUT2D eigenvalue weighted by molar-refractivity contribution is 5.94. The first kappa shape index (κ1) is 11.9. The van der Waals surface area contributed by atoms with Crippen molar-refractivity contribution in [3.05, 3.63) is 34.2 Å². The number of hydrogen-bond acceptors (Lipinski definition) is 2. The molecule has 1 saturated heterocycles. The Labute approximate surface area is 101 Å². The summed E-state index contributed by atoms with van der Waals surface area (Å²) in [6.45, 7) is 5.86. The topological polar surface area (TPSA) is 42.3 Å². The van der Waals surface area contributed by atoms with Gasteiger partial charge < -0.3 is 9.47 Å². The lowest BCUT2D eigenvalue weighted by molar-refractivity contribution is 0.0778. The second-order valence-corrected chi connectivity index (χ2v) is 5.51. The Morgan fingerprint density at radius 1 is 1.41 bits per heavy atom. The van der Waals surface area contributed by atoms with E-state index in [2.05, 4.69) is 13.8 Å². The molecule has 1 fully saturated rings. The smallest absolute Gasteiger partial charge is 0.254 e. The molecule has 17 heavy (non-hydrogen) atoms. The molecular formula is C13H18N2O2. The van der Waals surface area contributed by atoms with Crippen LogP contribution >= 0.6 is 0 Å². The molecule has 0 saturated carbocycles. The molecule has 0 spiro atoms. The van der Waals surface area contributed by atoms with Gasteiger partial charge in [0.1, 0.15) is 0 Å². The van der Waals surface area contributed by atoms with Gasteiger partial charge in [-0.25, -0.2) is 0 Å². The van der Waals surface area contributed by atoms with Crippen molar-refractivity contribution in [2.45, 2.75) is 20.3 Å². The fraction of sp³-hybridized carbons (Fsp3) is 0.538. The van der Waals surface area contributed by atoms with E-state index in [1.54, 1.807) is 19.3 Å². The van der Waals surface area contributed by atoms with Crippen LogP contribution in [0.25, 0.3) is 0 Å². The van der Waals surface area contributed by atoms with Crippen LogP contribution in [0.3, 0.4) is 0 Å². The Kier molecular flexibility index (Phi) is 2.81. The molecule has 0 radical (unpaired) electrons. The number of amides is 1. The predicted octanol–water partition coefficient (Wildman–Crippen LogP) is 1.26. The summed E-state index contributed by atoms with van der Waals surface area (Å²) in [6, 6.07) is 3.11. The summed E-state index contributed by atoms with van der Waals surface area (Å²) in [6.07, 6.45) is 2.65. The summed E-state index contributed by atoms with van der Waals surface area (Å²) in [5.74, 6) is -0.0340. The van der Waals surface area contributed by atoms with Crippen LogP contribution in [0.1, 0.15) is 30.6 Å². The van der Waals surface area contributed by atoms with E-state index in [1.807, 2.05) is 4.90 Å². The van der Waals surface area contributed by atoms with Gasteiger partial charge in [0.05, 0.1) is 0 Å². The predicted molar refractivity (Wildman–Crippen MR) is 66.0 cm³/mol. The van der Waals surface area contributed by atoms with E-state index in [-0.39, 0.29) is 16.9 Å². The lowest BCUT2D eigenvalue weighted by Crippen LogP contribution is -2.31. The van der Waals surface area contributed by atoms with Crippen LogP contribution in [0.5, 0.6) is 0 Å². The average Bonchev–Trinajstić information content (AvgIpc) is 2.62. The molecule has 1 amide bonds. The number of likely N-dealkylation sites (tertiary alicyclic amines) is 1. The standard InChI is InChI=1S/C13H18N2O2/c1-13(2)5-7-15(9-13)12(17)10-4-6-14(3)11(16)8-10/h4,6,8H,5,7,9H2,1-3H3. The van der Waals surface area contributed by atoms with Crippen LogP contribution in [0.15, 0.2) is 23.1 Å². The van der Waals surface area contributed by atoms with Crippen molar-refractivity contribution in [2.24, 2.45) is 12.5 Å². The molecule has 92 valence electrons. The molecule has 0 aromatic carbocycles. The van der Waals surface area contributed by atoms with Crippen molar-refractivity contribution in [2.75, 3.05) is 13.1 Å². The second kappa shape index (κ2) is 4.02. The zero-order valence-corrected chi connectivity index (χ0v) is 10.6. The van der Waals surface area contributed by atoms with Gasteiger partial charge in [-0.15, -0.1) is 0 Å². The first-order valence-corrected chi connectivity index (χ1v) is 5.85. The normalized spacial score (nSPS) is 18.4. The Balaban J connectivity index is 2.21. The molecule has 1 aromatic rings. The van der Waals surface area contributed by atoms with Gasteiger partial charge in [0.25, 0.3) is 11.5 Å². The van der Waals surface area contributed by atoms with Gasteiger partial charge >= 0.3 is 0 Å². The van der Waals surface area contributed by atoms with Crippen LogP contribution in [0.4, 0.5) is 0 Å². The minimum Gasteiger partial charge on any atom is -0.338 e. The fourth-order valence-electron chi connectivity index (χ4n) is 2.15. The average molecular weight is 234 g/mol. The van der Waals surface area contributed by atoms with Crippen molar-refractivity contribution in [3.63, 3.8) is 0 Å². The van der Waals surface area contributed by atoms with Gasteiger partial charge in [-0.2, -0.15) is 0 Å². The van der Waals surface area contributed by atoms with Crippen molar-refractivity contribution in [1.29, 1.82) is 0 Å². The molecule has 0 unspecified atom stereocenters. The van der Waals surface area contributed by atoms with Gasteiger partial charge in [0.2, 0.25) is 0 Å². The summed E-state index contributed by atoms with van der Waals surface area (Å²) in [4.78, 5) is 25.5. The quantitative estimate of drug-likeness (QED) is 0.734. The Morgan fingerprint density at radius 3 is 2.65 bits per heavy atom. The van der Waals surface area contributed by atoms with Crippen molar-refractivity contribution < 1.29 is 4.79 Å². The Morgan fingerprint density at radius 2 is 2.12 bits per heavy atom. The number of hydrogen-bond donors (Lipinski definition) is 0. The first-order chi connectivity index (χ1) is 7.89. The molecule has 1 aromatic heterocycles. The molecule has 2 heterocycles. The molecule has 1 aliphatic heterocycles. The molecule has 0 bridgehead atoms. The molecule has 1 aliphatic rings. The number of aromatic nitrogens is 1. The van der Waals surface area contributed by atoms with Crippen LogP contribution in [-0.2, 0) is 7.05 Å². The third kappa shape index (κ3) is 2.40. The van der Waals surface area contributed by atoms with E-state index < -0.39 is 0 Å². The largest absolute Gasteiger partial charge is 0.338 e. The van der Waals surface area contributed by atoms with Gasteiger partial charge in [0.15, 0.2) is 0 Å². The van der Waals surface area contributed by atoms with E-state index >= 15 is 0 Å². The van der Waals surface area contributed by atoms with E-state index in [4.69, 9.17) is 0 Å². The van der Waals surface area contributed by atoms with Gasteiger partial charge in [-0.05, 0) is 17.9 Å². The molecule has 4 nitrogen and oxygen atoms in total. The number of nitrogens with zero attached hydrogens (tertiary/aromatic N) is 2. The number of aryl methyl sites for hydroxylation is 1. The highest BCUT2D eigenvalue weighted by Gasteiger charge is 2.32. The van der Waals surface area contributed by atoms with Crippen LogP contribution in [0.2, 0.25) is 0 Å². The van der Waals surface area contributed by atoms with Gasteiger partial charge in [-0.1, -0.05) is 13.8 Å². The number of pyridine rings is 1. The maximum absolute atomic E-state index is 12.2. The van der Waals surface area contributed by atoms with E-state index in [0.29, 0.717) is 5.56 Å². The van der Waals surface area contributed by atoms with Crippen molar-refractivity contribution in [3.8, 4) is 0 Å². The maximum atomic E-state index is 12.2. The number of carbonyl (C=O) groups is 1. The summed E-state index contributed by atoms with van der Waals surface area (Å²) in [7, 11) is 1.68. The van der Waals surface area contributed by atoms with E-state index in [0.717, 1.165) is 19.5 Å². The number of rotatable bonds is 1. The second-order valence-electron chi connectivity index (χ2n) is 5.51. The lowest BCUT2D eigenvalue weighted by atomic mass is 9.93. The first-order valence-electron chi connectivity index (χ1n) is 5.85. The Hall–Kier alpha value is -1.58. The van der Waals surface area contributed by atoms with E-state index in [9.17, 15) is 9.59 Å². The van der Waals surface area contributed by atoms with Crippen LogP contribution < -0.4 is 5.56 Å². The molecule has 0 aliphatic carbocycles. The summed E-state index contributed by atoms with van der Waals surface area (Å²) >= 11 is 0. The molecule has 0 atom stereocenters. The molecule has 2 rings (SSSR count). The number of carbonyl (C=O) groups excluding carboxylic acids is 1. The van der Waals surface area contributed by atoms with Crippen molar-refractivity contribution >= 4 is 5.91 Å². The summed E-state index contributed by atoms with van der Waals surface area (Å²) in [5.41, 5.74) is 0.537. The lowest BCUT2D eigenvalue weighted by Gasteiger charge is -2.19. The van der Waals surface area contributed by atoms with E-state index in [1.165, 1.54) is 10.6 Å². The SMILES string of the molecule is Cn1ccc(C(=O)N2CCC(C)(C)C2)cc1=O. The third-order valence-electron chi connectivity index (χ3n) is 3.32. The maximum Gasteiger partial charge on any atom is 0.254 e. The van der Waals surface area contributed by atoms with Crippen LogP contribution in [-0.4, -0.2) is 28.5 Å². The fourth-order valence-corrected chi connectivity index (χ4v) is 2.15. The molecular weight excluding hydrogens is 216 g/mol. The van der Waals surface area contributed by atoms with Crippen molar-refractivity contribution in [1.82, 2.24) is 9.47 Å². The summed E-state index contributed by atoms with van der Waals surface area (Å²) in [5, 5.41) is 0.